The molecule has 0 amide bonds. The highest BCUT2D eigenvalue weighted by atomic mass is 35.5. The number of aryl methyl sites for hydroxylation is 1. The minimum atomic E-state index is -0.841. The molecule has 1 aliphatic carbocycles. The molecule has 2 aromatic rings. The van der Waals surface area contributed by atoms with Crippen LogP contribution in [0.1, 0.15) is 62.1 Å². The molecule has 3 rings (SSSR count). The van der Waals surface area contributed by atoms with Crippen LogP contribution in [0.15, 0.2) is 48.5 Å². The van der Waals surface area contributed by atoms with Gasteiger partial charge in [-0.1, -0.05) is 50.2 Å². The van der Waals surface area contributed by atoms with E-state index in [1.807, 2.05) is 12.1 Å². The highest BCUT2D eigenvalue weighted by Crippen LogP contribution is 2.47. The summed E-state index contributed by atoms with van der Waals surface area (Å²) in [6.07, 6.45) is 4.89. The molecule has 0 fully saturated rings. The third kappa shape index (κ3) is 5.33. The van der Waals surface area contributed by atoms with E-state index in [2.05, 4.69) is 55.1 Å². The molecule has 0 aliphatic heterocycles. The Balaban J connectivity index is 0.00000300. The Bertz CT molecular complexity index is 762. The SMILES string of the molecule is CCN(CC)CCC[C@@]1(O)c2ccccc2CCC[C@@H]1c1cccc(OC)c1.Cl. The van der Waals surface area contributed by atoms with Crippen LogP contribution < -0.4 is 4.74 Å². The second-order valence-electron chi connectivity index (χ2n) is 7.93. The predicted octanol–water partition coefficient (Wildman–Crippen LogP) is 5.55. The van der Waals surface area contributed by atoms with E-state index in [4.69, 9.17) is 4.74 Å². The topological polar surface area (TPSA) is 32.7 Å². The van der Waals surface area contributed by atoms with Crippen molar-refractivity contribution in [1.29, 1.82) is 0 Å². The third-order valence-electron chi connectivity index (χ3n) is 6.42. The largest absolute Gasteiger partial charge is 0.497 e. The monoisotopic (exact) mass is 417 g/mol. The van der Waals surface area contributed by atoms with E-state index in [9.17, 15) is 5.11 Å². The number of aliphatic hydroxyl groups is 1. The van der Waals surface area contributed by atoms with Crippen LogP contribution >= 0.6 is 12.4 Å². The quantitative estimate of drug-likeness (QED) is 0.572. The van der Waals surface area contributed by atoms with Crippen molar-refractivity contribution in [2.24, 2.45) is 0 Å². The number of fused-ring (bicyclic) bond motifs is 1. The Kier molecular flexibility index (Phi) is 9.01. The molecule has 0 heterocycles. The van der Waals surface area contributed by atoms with Gasteiger partial charge in [0.1, 0.15) is 5.75 Å². The lowest BCUT2D eigenvalue weighted by molar-refractivity contribution is -0.00674. The minimum absolute atomic E-state index is 0. The zero-order valence-corrected chi connectivity index (χ0v) is 18.9. The van der Waals surface area contributed by atoms with Gasteiger partial charge in [-0.25, -0.2) is 0 Å². The summed E-state index contributed by atoms with van der Waals surface area (Å²) in [7, 11) is 1.71. The van der Waals surface area contributed by atoms with Crippen LogP contribution in [0.2, 0.25) is 0 Å². The summed E-state index contributed by atoms with van der Waals surface area (Å²) in [6.45, 7) is 7.56. The molecule has 0 bridgehead atoms. The van der Waals surface area contributed by atoms with Crippen LogP contribution in [0.4, 0.5) is 0 Å². The van der Waals surface area contributed by atoms with Crippen molar-refractivity contribution in [3.05, 3.63) is 65.2 Å². The van der Waals surface area contributed by atoms with Crippen molar-refractivity contribution < 1.29 is 9.84 Å². The molecule has 0 unspecified atom stereocenters. The maximum Gasteiger partial charge on any atom is 0.119 e. The van der Waals surface area contributed by atoms with Crippen LogP contribution in [-0.2, 0) is 12.0 Å². The Morgan fingerprint density at radius 1 is 1.10 bits per heavy atom. The second-order valence-corrected chi connectivity index (χ2v) is 7.93. The minimum Gasteiger partial charge on any atom is -0.497 e. The van der Waals surface area contributed by atoms with Gasteiger partial charge >= 0.3 is 0 Å². The van der Waals surface area contributed by atoms with Crippen LogP contribution in [0.5, 0.6) is 5.75 Å². The van der Waals surface area contributed by atoms with Gasteiger partial charge in [-0.15, -0.1) is 12.4 Å². The number of benzene rings is 2. The van der Waals surface area contributed by atoms with Gasteiger partial charge in [0, 0.05) is 5.92 Å². The summed E-state index contributed by atoms with van der Waals surface area (Å²) in [5.74, 6) is 0.948. The molecule has 2 aromatic carbocycles. The van der Waals surface area contributed by atoms with E-state index >= 15 is 0 Å². The van der Waals surface area contributed by atoms with Gasteiger partial charge in [0.25, 0.3) is 0 Å². The first kappa shape index (κ1) is 23.7. The van der Waals surface area contributed by atoms with Crippen molar-refractivity contribution in [2.75, 3.05) is 26.7 Å². The zero-order chi connectivity index (χ0) is 20.0. The average Bonchev–Trinajstić information content (AvgIpc) is 2.88. The molecule has 1 aliphatic rings. The van der Waals surface area contributed by atoms with Crippen molar-refractivity contribution in [1.82, 2.24) is 4.90 Å². The number of methoxy groups -OCH3 is 1. The number of nitrogens with zero attached hydrogens (tertiary/aromatic N) is 1. The lowest BCUT2D eigenvalue weighted by atomic mass is 9.73. The number of hydrogen-bond acceptors (Lipinski definition) is 3. The zero-order valence-electron chi connectivity index (χ0n) is 18.1. The molecule has 0 spiro atoms. The van der Waals surface area contributed by atoms with Crippen molar-refractivity contribution in [2.45, 2.75) is 57.5 Å². The van der Waals surface area contributed by atoms with Crippen LogP contribution in [0.3, 0.4) is 0 Å². The summed E-state index contributed by atoms with van der Waals surface area (Å²) in [4.78, 5) is 2.44. The summed E-state index contributed by atoms with van der Waals surface area (Å²) in [6, 6.07) is 16.8. The van der Waals surface area contributed by atoms with Gasteiger partial charge in [0.2, 0.25) is 0 Å². The molecule has 0 saturated carbocycles. The fraction of sp³-hybridized carbons (Fsp3) is 0.520. The van der Waals surface area contributed by atoms with E-state index < -0.39 is 5.60 Å². The molecule has 3 nitrogen and oxygen atoms in total. The average molecular weight is 418 g/mol. The van der Waals surface area contributed by atoms with E-state index in [0.29, 0.717) is 0 Å². The molecule has 0 saturated heterocycles. The molecule has 4 heteroatoms. The predicted molar refractivity (Wildman–Crippen MR) is 123 cm³/mol. The van der Waals surface area contributed by atoms with Gasteiger partial charge in [-0.3, -0.25) is 0 Å². The summed E-state index contributed by atoms with van der Waals surface area (Å²) in [5, 5.41) is 12.2. The molecule has 160 valence electrons. The molecule has 0 aromatic heterocycles. The van der Waals surface area contributed by atoms with Crippen LogP contribution in [-0.4, -0.2) is 36.8 Å². The molecular weight excluding hydrogens is 382 g/mol. The second kappa shape index (κ2) is 11.0. The summed E-state index contributed by atoms with van der Waals surface area (Å²) in [5.41, 5.74) is 2.77. The van der Waals surface area contributed by atoms with Gasteiger partial charge in [-0.2, -0.15) is 0 Å². The maximum absolute atomic E-state index is 12.2. The maximum atomic E-state index is 12.2. The standard InChI is InChI=1S/C25H35NO2.ClH/c1-4-26(5-2)18-10-17-25(27)23-15-7-6-11-20(23)12-9-16-24(25)21-13-8-14-22(19-21)28-3;/h6-8,11,13-15,19,24,27H,4-5,9-10,12,16-18H2,1-3H3;1H/t24-,25-;/m1./s1. The number of hydrogen-bond donors (Lipinski definition) is 1. The molecular formula is C25H36ClNO2. The smallest absolute Gasteiger partial charge is 0.119 e. The molecule has 1 N–H and O–H groups in total. The van der Waals surface area contributed by atoms with Crippen molar-refractivity contribution >= 4 is 12.4 Å². The fourth-order valence-corrected chi connectivity index (χ4v) is 4.81. The van der Waals surface area contributed by atoms with Gasteiger partial charge < -0.3 is 14.7 Å². The molecule has 29 heavy (non-hydrogen) atoms. The first-order valence-corrected chi connectivity index (χ1v) is 10.8. The highest BCUT2D eigenvalue weighted by molar-refractivity contribution is 5.85. The van der Waals surface area contributed by atoms with Gasteiger partial charge in [0.05, 0.1) is 12.7 Å². The first-order valence-electron chi connectivity index (χ1n) is 10.8. The van der Waals surface area contributed by atoms with E-state index in [-0.39, 0.29) is 18.3 Å². The van der Waals surface area contributed by atoms with Crippen molar-refractivity contribution in [3.63, 3.8) is 0 Å². The third-order valence-corrected chi connectivity index (χ3v) is 6.42. The molecule has 0 radical (unpaired) electrons. The molecule has 2 atom stereocenters. The number of halogens is 1. The van der Waals surface area contributed by atoms with Gasteiger partial charge in [-0.05, 0) is 80.6 Å². The Hall–Kier alpha value is -1.55. The van der Waals surface area contributed by atoms with E-state index in [1.54, 1.807) is 7.11 Å². The Morgan fingerprint density at radius 3 is 2.59 bits per heavy atom. The summed E-state index contributed by atoms with van der Waals surface area (Å²) >= 11 is 0. The normalized spacial score (nSPS) is 21.2. The first-order chi connectivity index (χ1) is 13.6. The van der Waals surface area contributed by atoms with Crippen molar-refractivity contribution in [3.8, 4) is 5.75 Å². The summed E-state index contributed by atoms with van der Waals surface area (Å²) < 4.78 is 5.47. The highest BCUT2D eigenvalue weighted by Gasteiger charge is 2.41. The number of rotatable bonds is 8. The lowest BCUT2D eigenvalue weighted by Crippen LogP contribution is -2.35. The Labute approximate surface area is 182 Å². The van der Waals surface area contributed by atoms with Crippen LogP contribution in [0.25, 0.3) is 0 Å². The Morgan fingerprint density at radius 2 is 1.86 bits per heavy atom. The van der Waals surface area contributed by atoms with Crippen LogP contribution in [0, 0.1) is 0 Å². The van der Waals surface area contributed by atoms with E-state index in [1.165, 1.54) is 11.1 Å². The van der Waals surface area contributed by atoms with Gasteiger partial charge in [0.15, 0.2) is 0 Å². The number of ether oxygens (including phenoxy) is 1. The van der Waals surface area contributed by atoms with E-state index in [0.717, 1.165) is 63.1 Å². The lowest BCUT2D eigenvalue weighted by Gasteiger charge is -2.37. The fourth-order valence-electron chi connectivity index (χ4n) is 4.81.